The number of aliphatic hydroxyl groups excluding tert-OH is 4. The van der Waals surface area contributed by atoms with Crippen LogP contribution in [0.1, 0.15) is 0 Å². The molecule has 144 valence electrons. The largest absolute Gasteiger partial charge is 0.462 e. The maximum absolute atomic E-state index is 10.9. The summed E-state index contributed by atoms with van der Waals surface area (Å²) in [5, 5.41) is 49.6. The Morgan fingerprint density at radius 3 is 2.33 bits per heavy atom. The third-order valence-corrected chi connectivity index (χ3v) is 4.35. The normalized spacial score (nSPS) is 27.9. The molecular weight excluding hydrogens is 358 g/mol. The van der Waals surface area contributed by atoms with Gasteiger partial charge in [-0.15, -0.1) is 0 Å². The number of non-ortho nitro benzene ring substituents is 1. The zero-order valence-electron chi connectivity index (χ0n) is 14.1. The number of rotatable bonds is 5. The first-order valence-corrected chi connectivity index (χ1v) is 8.23. The molecule has 0 radical (unpaired) electrons. The molecule has 0 amide bonds. The second-order valence-electron chi connectivity index (χ2n) is 6.15. The standard InChI is InChI=1S/C18H19NO8/c20-9-14-15(21)16(22)17(23)18(27-14)26-13-6-4-10(5-7-13)11-2-1-3-12(8-11)19(24)25/h1-8,14-18,20-23H,9H2. The van der Waals surface area contributed by atoms with E-state index in [9.17, 15) is 30.5 Å². The summed E-state index contributed by atoms with van der Waals surface area (Å²) in [5.41, 5.74) is 1.36. The maximum Gasteiger partial charge on any atom is 0.270 e. The highest BCUT2D eigenvalue weighted by Gasteiger charge is 2.44. The van der Waals surface area contributed by atoms with Gasteiger partial charge in [0.05, 0.1) is 11.5 Å². The first-order valence-electron chi connectivity index (χ1n) is 8.23. The van der Waals surface area contributed by atoms with Crippen LogP contribution in [0.5, 0.6) is 5.75 Å². The van der Waals surface area contributed by atoms with Crippen LogP contribution in [-0.4, -0.2) is 62.7 Å². The van der Waals surface area contributed by atoms with E-state index in [0.29, 0.717) is 11.3 Å². The molecule has 5 unspecified atom stereocenters. The van der Waals surface area contributed by atoms with Gasteiger partial charge >= 0.3 is 0 Å². The van der Waals surface area contributed by atoms with E-state index in [1.807, 2.05) is 0 Å². The lowest BCUT2D eigenvalue weighted by Gasteiger charge is -2.39. The molecule has 3 rings (SSSR count). The molecule has 5 atom stereocenters. The summed E-state index contributed by atoms with van der Waals surface area (Å²) in [4.78, 5) is 10.4. The van der Waals surface area contributed by atoms with Crippen molar-refractivity contribution in [2.45, 2.75) is 30.7 Å². The minimum atomic E-state index is -1.52. The fourth-order valence-corrected chi connectivity index (χ4v) is 2.82. The summed E-state index contributed by atoms with van der Waals surface area (Å²) in [5.74, 6) is 0.313. The van der Waals surface area contributed by atoms with Gasteiger partial charge in [-0.2, -0.15) is 0 Å². The number of ether oxygens (including phenoxy) is 2. The number of nitrogens with zero attached hydrogens (tertiary/aromatic N) is 1. The van der Waals surface area contributed by atoms with Gasteiger partial charge in [0.15, 0.2) is 0 Å². The van der Waals surface area contributed by atoms with Crippen molar-refractivity contribution in [3.8, 4) is 16.9 Å². The van der Waals surface area contributed by atoms with E-state index in [0.717, 1.165) is 5.56 Å². The minimum absolute atomic E-state index is 0.0193. The number of benzene rings is 2. The van der Waals surface area contributed by atoms with Crippen molar-refractivity contribution < 1.29 is 34.8 Å². The molecule has 2 aromatic carbocycles. The van der Waals surface area contributed by atoms with Gasteiger partial charge in [-0.3, -0.25) is 10.1 Å². The highest BCUT2D eigenvalue weighted by Crippen LogP contribution is 2.28. The molecular formula is C18H19NO8. The average Bonchev–Trinajstić information content (AvgIpc) is 2.69. The number of aliphatic hydroxyl groups is 4. The topological polar surface area (TPSA) is 143 Å². The van der Waals surface area contributed by atoms with E-state index in [1.165, 1.54) is 12.1 Å². The molecule has 0 aromatic heterocycles. The highest BCUT2D eigenvalue weighted by atomic mass is 16.7. The Labute approximate surface area is 154 Å². The number of hydrogen-bond donors (Lipinski definition) is 4. The van der Waals surface area contributed by atoms with Gasteiger partial charge in [-0.25, -0.2) is 0 Å². The Bertz CT molecular complexity index is 794. The van der Waals surface area contributed by atoms with Crippen LogP contribution in [-0.2, 0) is 4.74 Å². The van der Waals surface area contributed by atoms with Crippen LogP contribution in [0.4, 0.5) is 5.69 Å². The Morgan fingerprint density at radius 2 is 1.70 bits per heavy atom. The third-order valence-electron chi connectivity index (χ3n) is 4.35. The van der Waals surface area contributed by atoms with Gasteiger partial charge in [0, 0.05) is 12.1 Å². The van der Waals surface area contributed by atoms with Crippen molar-refractivity contribution in [2.24, 2.45) is 0 Å². The summed E-state index contributed by atoms with van der Waals surface area (Å²) >= 11 is 0. The van der Waals surface area contributed by atoms with E-state index in [4.69, 9.17) is 9.47 Å². The van der Waals surface area contributed by atoms with Gasteiger partial charge in [0.2, 0.25) is 6.29 Å². The van der Waals surface area contributed by atoms with E-state index in [-0.39, 0.29) is 5.69 Å². The lowest BCUT2D eigenvalue weighted by atomic mass is 9.99. The molecule has 1 aliphatic heterocycles. The van der Waals surface area contributed by atoms with Crippen LogP contribution >= 0.6 is 0 Å². The molecule has 4 N–H and O–H groups in total. The van der Waals surface area contributed by atoms with Crippen LogP contribution in [0.15, 0.2) is 48.5 Å². The summed E-state index contributed by atoms with van der Waals surface area (Å²) in [7, 11) is 0. The second-order valence-corrected chi connectivity index (χ2v) is 6.15. The molecule has 0 spiro atoms. The fraction of sp³-hybridized carbons (Fsp3) is 0.333. The molecule has 1 saturated heterocycles. The van der Waals surface area contributed by atoms with Gasteiger partial charge < -0.3 is 29.9 Å². The molecule has 1 fully saturated rings. The van der Waals surface area contributed by atoms with Gasteiger partial charge in [-0.05, 0) is 23.3 Å². The van der Waals surface area contributed by atoms with Crippen molar-refractivity contribution in [1.82, 2.24) is 0 Å². The zero-order chi connectivity index (χ0) is 19.6. The third kappa shape index (κ3) is 4.07. The van der Waals surface area contributed by atoms with Crippen molar-refractivity contribution in [1.29, 1.82) is 0 Å². The maximum atomic E-state index is 10.9. The average molecular weight is 377 g/mol. The van der Waals surface area contributed by atoms with Crippen molar-refractivity contribution in [2.75, 3.05) is 6.61 Å². The van der Waals surface area contributed by atoms with Crippen LogP contribution in [0.2, 0.25) is 0 Å². The molecule has 1 aliphatic rings. The Kier molecular flexibility index (Phi) is 5.68. The quantitative estimate of drug-likeness (QED) is 0.434. The molecule has 2 aromatic rings. The fourth-order valence-electron chi connectivity index (χ4n) is 2.82. The summed E-state index contributed by atoms with van der Waals surface area (Å²) in [6.45, 7) is -0.545. The lowest BCUT2D eigenvalue weighted by molar-refractivity contribution is -0.384. The zero-order valence-corrected chi connectivity index (χ0v) is 14.1. The van der Waals surface area contributed by atoms with E-state index < -0.39 is 42.2 Å². The van der Waals surface area contributed by atoms with Gasteiger partial charge in [-0.1, -0.05) is 24.3 Å². The summed E-state index contributed by atoms with van der Waals surface area (Å²) in [6.07, 6.45) is -6.81. The first-order chi connectivity index (χ1) is 12.9. The molecule has 9 heteroatoms. The first kappa shape index (κ1) is 19.2. The monoisotopic (exact) mass is 377 g/mol. The van der Waals surface area contributed by atoms with Crippen molar-refractivity contribution in [3.63, 3.8) is 0 Å². The summed E-state index contributed by atoms with van der Waals surface area (Å²) < 4.78 is 10.8. The molecule has 9 nitrogen and oxygen atoms in total. The second kappa shape index (κ2) is 7.99. The molecule has 27 heavy (non-hydrogen) atoms. The SMILES string of the molecule is O=[N+]([O-])c1cccc(-c2ccc(OC3OC(CO)C(O)C(O)C3O)cc2)c1. The lowest BCUT2D eigenvalue weighted by Crippen LogP contribution is -2.60. The van der Waals surface area contributed by atoms with Crippen LogP contribution in [0, 0.1) is 10.1 Å². The number of nitro groups is 1. The van der Waals surface area contributed by atoms with E-state index in [1.54, 1.807) is 36.4 Å². The minimum Gasteiger partial charge on any atom is -0.462 e. The highest BCUT2D eigenvalue weighted by molar-refractivity contribution is 5.66. The van der Waals surface area contributed by atoms with Crippen molar-refractivity contribution >= 4 is 5.69 Å². The molecule has 0 aliphatic carbocycles. The van der Waals surface area contributed by atoms with E-state index in [2.05, 4.69) is 0 Å². The van der Waals surface area contributed by atoms with Crippen LogP contribution in [0.25, 0.3) is 11.1 Å². The van der Waals surface area contributed by atoms with Crippen molar-refractivity contribution in [3.05, 3.63) is 58.6 Å². The van der Waals surface area contributed by atoms with E-state index >= 15 is 0 Å². The number of hydrogen-bond acceptors (Lipinski definition) is 8. The van der Waals surface area contributed by atoms with Gasteiger partial charge in [0.1, 0.15) is 30.2 Å². The van der Waals surface area contributed by atoms with Crippen LogP contribution < -0.4 is 4.74 Å². The Morgan fingerprint density at radius 1 is 1.00 bits per heavy atom. The van der Waals surface area contributed by atoms with Crippen LogP contribution in [0.3, 0.4) is 0 Å². The molecule has 0 bridgehead atoms. The molecule has 0 saturated carbocycles. The molecule has 1 heterocycles. The van der Waals surface area contributed by atoms with Gasteiger partial charge in [0.25, 0.3) is 5.69 Å². The number of nitro benzene ring substituents is 1. The smallest absolute Gasteiger partial charge is 0.270 e. The Balaban J connectivity index is 1.74. The Hall–Kier alpha value is -2.56. The predicted molar refractivity (Wildman–Crippen MR) is 92.9 cm³/mol. The summed E-state index contributed by atoms with van der Waals surface area (Å²) in [6, 6.07) is 12.7. The predicted octanol–water partition coefficient (Wildman–Crippen LogP) is 0.440.